The maximum Gasteiger partial charge on any atom is 0.271 e. The van der Waals surface area contributed by atoms with Crippen LogP contribution in [0.15, 0.2) is 24.3 Å². The Bertz CT molecular complexity index is 1140. The number of nitro benzene ring substituents is 1. The first-order chi connectivity index (χ1) is 34.7. The van der Waals surface area contributed by atoms with E-state index in [9.17, 15) is 10.1 Å². The van der Waals surface area contributed by atoms with Crippen LogP contribution in [-0.4, -0.2) is 279 Å². The predicted molar refractivity (Wildman–Crippen MR) is 254 cm³/mol. The summed E-state index contributed by atoms with van der Waals surface area (Å²) in [6.07, 6.45) is 0. The first-order valence-electron chi connectivity index (χ1n) is 24.3. The van der Waals surface area contributed by atoms with Crippen molar-refractivity contribution < 1.29 is 100 Å². The molecule has 0 bridgehead atoms. The van der Waals surface area contributed by atoms with Gasteiger partial charge in [-0.15, -0.1) is 0 Å². The van der Waals surface area contributed by atoms with E-state index in [2.05, 4.69) is 0 Å². The molecular weight excluding hydrogens is 932 g/mol. The van der Waals surface area contributed by atoms with Crippen LogP contribution >= 0.6 is 0 Å². The number of nitro groups is 1. The van der Waals surface area contributed by atoms with Crippen LogP contribution in [0, 0.1) is 10.1 Å². The molecule has 0 saturated carbocycles. The van der Waals surface area contributed by atoms with Gasteiger partial charge in [-0.25, -0.2) is 0 Å². The molecule has 0 aliphatic carbocycles. The standard InChI is InChI=1S/C46H86N2O22/c49-6-10-55-14-18-59-22-26-63-30-34-67-38-42-69-40-36-65-32-28-61-24-20-57-16-12-53-8-4-47(45-2-1-3-46(44-45)48(51)52)5-9-54-13-17-58-21-25-62-29-33-66-37-41-70-43-39-68-35-31-64-27-23-60-19-15-56-11-7-50/h1-3,44,49-50H,4-43H2. The fraction of sp³-hybridized carbons (Fsp3) is 0.870. The highest BCUT2D eigenvalue weighted by atomic mass is 16.6. The van der Waals surface area contributed by atoms with E-state index in [1.807, 2.05) is 11.0 Å². The number of rotatable bonds is 60. The highest BCUT2D eigenvalue weighted by Gasteiger charge is 2.12. The number of anilines is 1. The molecule has 0 spiro atoms. The van der Waals surface area contributed by atoms with Gasteiger partial charge in [0.2, 0.25) is 0 Å². The third-order valence-corrected chi connectivity index (χ3v) is 8.84. The van der Waals surface area contributed by atoms with Crippen LogP contribution in [0.2, 0.25) is 0 Å². The maximum atomic E-state index is 11.4. The Balaban J connectivity index is 1.93. The van der Waals surface area contributed by atoms with Crippen LogP contribution in [0.4, 0.5) is 11.4 Å². The molecule has 1 rings (SSSR count). The van der Waals surface area contributed by atoms with Crippen LogP contribution in [0.1, 0.15) is 0 Å². The number of nitrogens with zero attached hydrogens (tertiary/aromatic N) is 2. The monoisotopic (exact) mass is 1020 g/mol. The first kappa shape index (κ1) is 65.6. The van der Waals surface area contributed by atoms with E-state index in [0.717, 1.165) is 0 Å². The van der Waals surface area contributed by atoms with E-state index in [4.69, 9.17) is 95.5 Å². The van der Waals surface area contributed by atoms with E-state index in [0.29, 0.717) is 257 Å². The summed E-state index contributed by atoms with van der Waals surface area (Å²) in [5.41, 5.74) is 0.719. The van der Waals surface area contributed by atoms with Gasteiger partial charge < -0.3 is 100 Å². The molecule has 0 radical (unpaired) electrons. The second-order valence-electron chi connectivity index (χ2n) is 14.2. The van der Waals surface area contributed by atoms with Gasteiger partial charge in [0.25, 0.3) is 5.69 Å². The number of ether oxygens (including phenoxy) is 18. The first-order valence-corrected chi connectivity index (χ1v) is 24.3. The van der Waals surface area contributed by atoms with Crippen molar-refractivity contribution in [3.63, 3.8) is 0 Å². The summed E-state index contributed by atoms with van der Waals surface area (Å²) in [6, 6.07) is 6.50. The Morgan fingerprint density at radius 2 is 0.529 bits per heavy atom. The van der Waals surface area contributed by atoms with Gasteiger partial charge in [0.1, 0.15) is 0 Å². The van der Waals surface area contributed by atoms with Crippen molar-refractivity contribution in [2.45, 2.75) is 0 Å². The molecule has 0 heterocycles. The number of aliphatic hydroxyl groups is 2. The quantitative estimate of drug-likeness (QED) is 0.0517. The molecule has 70 heavy (non-hydrogen) atoms. The Morgan fingerprint density at radius 3 is 0.729 bits per heavy atom. The normalized spacial score (nSPS) is 11.6. The molecule has 0 aromatic heterocycles. The molecule has 0 amide bonds. The fourth-order valence-electron chi connectivity index (χ4n) is 5.37. The Hall–Kier alpha value is -2.38. The van der Waals surface area contributed by atoms with Gasteiger partial charge in [-0.2, -0.15) is 0 Å². The molecule has 0 saturated heterocycles. The molecule has 0 fully saturated rings. The lowest BCUT2D eigenvalue weighted by atomic mass is 10.2. The summed E-state index contributed by atoms with van der Waals surface area (Å²) < 4.78 is 98.5. The van der Waals surface area contributed by atoms with E-state index in [-0.39, 0.29) is 18.9 Å². The summed E-state index contributed by atoms with van der Waals surface area (Å²) in [5, 5.41) is 28.6. The molecule has 412 valence electrons. The summed E-state index contributed by atoms with van der Waals surface area (Å²) in [5.74, 6) is 0. The number of aliphatic hydroxyl groups excluding tert-OH is 2. The highest BCUT2D eigenvalue weighted by molar-refractivity contribution is 5.53. The molecule has 0 aliphatic rings. The Labute approximate surface area is 414 Å². The summed E-state index contributed by atoms with van der Waals surface area (Å²) in [4.78, 5) is 13.0. The molecule has 0 unspecified atom stereocenters. The zero-order valence-electron chi connectivity index (χ0n) is 41.5. The second-order valence-corrected chi connectivity index (χ2v) is 14.2. The number of hydrogen-bond donors (Lipinski definition) is 2. The molecule has 0 atom stereocenters. The van der Waals surface area contributed by atoms with Gasteiger partial charge in [0.15, 0.2) is 0 Å². The van der Waals surface area contributed by atoms with E-state index < -0.39 is 4.92 Å². The van der Waals surface area contributed by atoms with Gasteiger partial charge in [-0.05, 0) is 6.07 Å². The molecule has 2 N–H and O–H groups in total. The second kappa shape index (κ2) is 55.9. The average molecular weight is 1020 g/mol. The van der Waals surface area contributed by atoms with Crippen molar-refractivity contribution in [3.8, 4) is 0 Å². The van der Waals surface area contributed by atoms with Crippen LogP contribution < -0.4 is 4.90 Å². The third kappa shape index (κ3) is 47.9. The SMILES string of the molecule is O=[N+]([O-])c1cccc(N(CCOCCOCCOCCOCCOCCOCCOCCOCCOCCO)CCOCCOCCOCCOCCOCCOCCOCCOCCOCCO)c1. The van der Waals surface area contributed by atoms with Gasteiger partial charge in [-0.1, -0.05) is 6.07 Å². The number of non-ortho nitro benzene ring substituents is 1. The van der Waals surface area contributed by atoms with Gasteiger partial charge >= 0.3 is 0 Å². The van der Waals surface area contributed by atoms with Gasteiger partial charge in [0.05, 0.1) is 256 Å². The highest BCUT2D eigenvalue weighted by Crippen LogP contribution is 2.21. The molecule has 24 nitrogen and oxygen atoms in total. The van der Waals surface area contributed by atoms with Gasteiger partial charge in [0, 0.05) is 30.9 Å². The van der Waals surface area contributed by atoms with Crippen molar-refractivity contribution in [1.82, 2.24) is 0 Å². The summed E-state index contributed by atoms with van der Waals surface area (Å²) in [6.45, 7) is 17.0. The fourth-order valence-corrected chi connectivity index (χ4v) is 5.37. The maximum absolute atomic E-state index is 11.4. The zero-order valence-corrected chi connectivity index (χ0v) is 41.5. The summed E-state index contributed by atoms with van der Waals surface area (Å²) in [7, 11) is 0. The number of hydrogen-bond acceptors (Lipinski definition) is 23. The predicted octanol–water partition coefficient (Wildman–Crippen LogP) is 0.685. The van der Waals surface area contributed by atoms with Crippen LogP contribution in [0.3, 0.4) is 0 Å². The summed E-state index contributed by atoms with van der Waals surface area (Å²) >= 11 is 0. The van der Waals surface area contributed by atoms with Crippen molar-refractivity contribution in [2.24, 2.45) is 0 Å². The van der Waals surface area contributed by atoms with Crippen molar-refractivity contribution in [2.75, 3.05) is 269 Å². The van der Waals surface area contributed by atoms with Crippen LogP contribution in [0.5, 0.6) is 0 Å². The minimum atomic E-state index is -0.412. The minimum Gasteiger partial charge on any atom is -0.394 e. The molecule has 0 aliphatic heterocycles. The third-order valence-electron chi connectivity index (χ3n) is 8.84. The van der Waals surface area contributed by atoms with Crippen molar-refractivity contribution in [1.29, 1.82) is 0 Å². The number of benzene rings is 1. The topological polar surface area (TPSA) is 253 Å². The molecule has 1 aromatic carbocycles. The zero-order chi connectivity index (χ0) is 50.2. The molecule has 1 aromatic rings. The lowest BCUT2D eigenvalue weighted by molar-refractivity contribution is -0.384. The van der Waals surface area contributed by atoms with Crippen LogP contribution in [0.25, 0.3) is 0 Å². The van der Waals surface area contributed by atoms with Crippen LogP contribution in [-0.2, 0) is 85.3 Å². The Morgan fingerprint density at radius 1 is 0.329 bits per heavy atom. The van der Waals surface area contributed by atoms with E-state index in [1.165, 1.54) is 6.07 Å². The van der Waals surface area contributed by atoms with E-state index in [1.54, 1.807) is 12.1 Å². The Kier molecular flexibility index (Phi) is 52.4. The average Bonchev–Trinajstić information content (AvgIpc) is 3.37. The van der Waals surface area contributed by atoms with Gasteiger partial charge in [-0.3, -0.25) is 10.1 Å². The minimum absolute atomic E-state index is 0.00966. The molecule has 24 heteroatoms. The lowest BCUT2D eigenvalue weighted by Crippen LogP contribution is -2.31. The largest absolute Gasteiger partial charge is 0.394 e. The smallest absolute Gasteiger partial charge is 0.271 e. The van der Waals surface area contributed by atoms with Crippen molar-refractivity contribution >= 4 is 11.4 Å². The van der Waals surface area contributed by atoms with Crippen molar-refractivity contribution in [3.05, 3.63) is 34.4 Å². The van der Waals surface area contributed by atoms with E-state index >= 15 is 0 Å². The lowest BCUT2D eigenvalue weighted by Gasteiger charge is -2.24. The molecular formula is C46H86N2O22.